The third-order valence-corrected chi connectivity index (χ3v) is 4.65. The van der Waals surface area contributed by atoms with Gasteiger partial charge in [-0.3, -0.25) is 0 Å². The average Bonchev–Trinajstić information content (AvgIpc) is 3.07. The first-order valence-corrected chi connectivity index (χ1v) is 10.7. The number of ether oxygens (including phenoxy) is 2. The zero-order chi connectivity index (χ0) is 25.0. The van der Waals surface area contributed by atoms with Gasteiger partial charge in [0.05, 0.1) is 23.7 Å². The summed E-state index contributed by atoms with van der Waals surface area (Å²) in [6.45, 7) is 4.64. The molecule has 12 heteroatoms. The molecule has 0 bridgehead atoms. The third-order valence-electron chi connectivity index (χ3n) is 4.26. The standard InChI is InChI=1S/C22H21BrN6O5/c1-22(2,3)34-21(32)29(20(30)31)12-14-10-25-19(26-11-14)15-6-5-13(9-24)7-16(15)33-18-8-17(23)27-28(18)4/h5-8,10-11H,12H2,1-4H3,(H,30,31). The molecule has 0 saturated heterocycles. The molecule has 0 atom stereocenters. The number of amides is 2. The molecular formula is C22H21BrN6O5. The van der Waals surface area contributed by atoms with E-state index in [0.717, 1.165) is 0 Å². The molecule has 3 aromatic rings. The van der Waals surface area contributed by atoms with Crippen LogP contribution in [-0.4, -0.2) is 47.5 Å². The Bertz CT molecular complexity index is 1260. The average molecular weight is 529 g/mol. The molecule has 3 rings (SSSR count). The Morgan fingerprint density at radius 3 is 2.44 bits per heavy atom. The molecule has 1 N–H and O–H groups in total. The van der Waals surface area contributed by atoms with Crippen LogP contribution in [0.25, 0.3) is 11.4 Å². The van der Waals surface area contributed by atoms with Crippen molar-refractivity contribution >= 4 is 28.1 Å². The van der Waals surface area contributed by atoms with Crippen LogP contribution in [0.2, 0.25) is 0 Å². The molecule has 34 heavy (non-hydrogen) atoms. The van der Waals surface area contributed by atoms with Gasteiger partial charge in [-0.2, -0.15) is 10.4 Å². The number of nitriles is 1. The van der Waals surface area contributed by atoms with Crippen LogP contribution in [0.3, 0.4) is 0 Å². The second-order valence-corrected chi connectivity index (χ2v) is 8.93. The number of hydrogen-bond donors (Lipinski definition) is 1. The van der Waals surface area contributed by atoms with Gasteiger partial charge in [-0.05, 0) is 54.9 Å². The predicted octanol–water partition coefficient (Wildman–Crippen LogP) is 4.72. The first-order chi connectivity index (χ1) is 16.0. The van der Waals surface area contributed by atoms with E-state index in [1.54, 1.807) is 52.1 Å². The minimum Gasteiger partial charge on any atom is -0.465 e. The molecule has 0 fully saturated rings. The highest BCUT2D eigenvalue weighted by molar-refractivity contribution is 9.10. The van der Waals surface area contributed by atoms with Crippen LogP contribution in [0.4, 0.5) is 9.59 Å². The summed E-state index contributed by atoms with van der Waals surface area (Å²) in [6, 6.07) is 8.55. The number of imide groups is 1. The molecule has 0 unspecified atom stereocenters. The number of rotatable bonds is 5. The first-order valence-electron chi connectivity index (χ1n) is 9.93. The lowest BCUT2D eigenvalue weighted by Gasteiger charge is -2.24. The van der Waals surface area contributed by atoms with E-state index < -0.39 is 17.8 Å². The minimum atomic E-state index is -1.46. The molecule has 11 nitrogen and oxygen atoms in total. The topological polar surface area (TPSA) is 143 Å². The zero-order valence-corrected chi connectivity index (χ0v) is 20.4. The maximum Gasteiger partial charge on any atom is 0.420 e. The summed E-state index contributed by atoms with van der Waals surface area (Å²) < 4.78 is 13.2. The van der Waals surface area contributed by atoms with Crippen LogP contribution in [0.5, 0.6) is 11.6 Å². The van der Waals surface area contributed by atoms with Crippen molar-refractivity contribution < 1.29 is 24.2 Å². The van der Waals surface area contributed by atoms with E-state index in [9.17, 15) is 20.0 Å². The highest BCUT2D eigenvalue weighted by Gasteiger charge is 2.27. The normalized spacial score (nSPS) is 10.9. The van der Waals surface area contributed by atoms with E-state index in [0.29, 0.717) is 37.8 Å². The monoisotopic (exact) mass is 528 g/mol. The molecule has 0 aliphatic heterocycles. The fraction of sp³-hybridized carbons (Fsp3) is 0.273. The summed E-state index contributed by atoms with van der Waals surface area (Å²) in [4.78, 5) is 32.9. The smallest absolute Gasteiger partial charge is 0.420 e. The third kappa shape index (κ3) is 6.08. The molecule has 0 aliphatic carbocycles. The van der Waals surface area contributed by atoms with Crippen molar-refractivity contribution in [2.24, 2.45) is 7.05 Å². The lowest BCUT2D eigenvalue weighted by Crippen LogP contribution is -2.39. The first kappa shape index (κ1) is 24.7. The van der Waals surface area contributed by atoms with Crippen molar-refractivity contribution in [3.05, 3.63) is 52.4 Å². The van der Waals surface area contributed by atoms with E-state index in [-0.39, 0.29) is 12.4 Å². The van der Waals surface area contributed by atoms with E-state index in [2.05, 4.69) is 37.1 Å². The second kappa shape index (κ2) is 9.88. The van der Waals surface area contributed by atoms with Gasteiger partial charge in [-0.1, -0.05) is 0 Å². The Morgan fingerprint density at radius 1 is 1.24 bits per heavy atom. The summed E-state index contributed by atoms with van der Waals surface area (Å²) in [5.74, 6) is 1.04. The molecule has 0 aliphatic rings. The SMILES string of the molecule is Cn1nc(Br)cc1Oc1cc(C#N)ccc1-c1ncc(CN(C(=O)O)C(=O)OC(C)(C)C)cn1. The molecule has 2 amide bonds. The Labute approximate surface area is 203 Å². The number of aryl methyl sites for hydroxylation is 1. The molecule has 2 aromatic heterocycles. The maximum atomic E-state index is 12.2. The molecular weight excluding hydrogens is 508 g/mol. The van der Waals surface area contributed by atoms with Crippen LogP contribution in [-0.2, 0) is 18.3 Å². The largest absolute Gasteiger partial charge is 0.465 e. The van der Waals surface area contributed by atoms with Gasteiger partial charge in [-0.25, -0.2) is 29.1 Å². The van der Waals surface area contributed by atoms with Gasteiger partial charge in [-0.15, -0.1) is 0 Å². The minimum absolute atomic E-state index is 0.281. The van der Waals surface area contributed by atoms with Crippen molar-refractivity contribution in [1.29, 1.82) is 5.26 Å². The van der Waals surface area contributed by atoms with Gasteiger partial charge in [0.25, 0.3) is 0 Å². The van der Waals surface area contributed by atoms with Crippen LogP contribution in [0, 0.1) is 11.3 Å². The van der Waals surface area contributed by atoms with Crippen molar-refractivity contribution in [1.82, 2.24) is 24.6 Å². The Kier molecular flexibility index (Phi) is 7.17. The fourth-order valence-electron chi connectivity index (χ4n) is 2.77. The Hall–Kier alpha value is -3.98. The lowest BCUT2D eigenvalue weighted by atomic mass is 10.1. The number of carbonyl (C=O) groups is 2. The highest BCUT2D eigenvalue weighted by atomic mass is 79.9. The molecule has 176 valence electrons. The van der Waals surface area contributed by atoms with Gasteiger partial charge >= 0.3 is 12.2 Å². The zero-order valence-electron chi connectivity index (χ0n) is 18.8. The predicted molar refractivity (Wildman–Crippen MR) is 123 cm³/mol. The molecule has 0 radical (unpaired) electrons. The van der Waals surface area contributed by atoms with Crippen LogP contribution >= 0.6 is 15.9 Å². The van der Waals surface area contributed by atoms with Crippen molar-refractivity contribution in [3.8, 4) is 29.1 Å². The molecule has 0 spiro atoms. The van der Waals surface area contributed by atoms with Crippen molar-refractivity contribution in [3.63, 3.8) is 0 Å². The van der Waals surface area contributed by atoms with E-state index in [1.807, 2.05) is 0 Å². The van der Waals surface area contributed by atoms with E-state index in [4.69, 9.17) is 9.47 Å². The lowest BCUT2D eigenvalue weighted by molar-refractivity contribution is 0.0255. The number of halogens is 1. The molecule has 1 aromatic carbocycles. The summed E-state index contributed by atoms with van der Waals surface area (Å²) in [6.07, 6.45) is 0.369. The quantitative estimate of drug-likeness (QED) is 0.497. The summed E-state index contributed by atoms with van der Waals surface area (Å²) in [5, 5.41) is 22.9. The summed E-state index contributed by atoms with van der Waals surface area (Å²) in [7, 11) is 1.71. The molecule has 2 heterocycles. The summed E-state index contributed by atoms with van der Waals surface area (Å²) >= 11 is 3.28. The van der Waals surface area contributed by atoms with Gasteiger partial charge in [0.2, 0.25) is 5.88 Å². The van der Waals surface area contributed by atoms with Gasteiger partial charge < -0.3 is 14.6 Å². The number of hydrogen-bond acceptors (Lipinski definition) is 8. The number of benzene rings is 1. The van der Waals surface area contributed by atoms with Gasteiger partial charge in [0, 0.05) is 31.1 Å². The van der Waals surface area contributed by atoms with Crippen LogP contribution in [0.15, 0.2) is 41.3 Å². The fourth-order valence-corrected chi connectivity index (χ4v) is 3.21. The number of carboxylic acid groups (broad SMARTS) is 1. The Balaban J connectivity index is 1.88. The van der Waals surface area contributed by atoms with Crippen molar-refractivity contribution in [2.75, 3.05) is 0 Å². The van der Waals surface area contributed by atoms with Crippen LogP contribution in [0.1, 0.15) is 31.9 Å². The van der Waals surface area contributed by atoms with E-state index in [1.165, 1.54) is 17.1 Å². The van der Waals surface area contributed by atoms with Gasteiger partial charge in [0.15, 0.2) is 5.82 Å². The van der Waals surface area contributed by atoms with Crippen molar-refractivity contribution in [2.45, 2.75) is 32.9 Å². The maximum absolute atomic E-state index is 12.2. The Morgan fingerprint density at radius 2 is 1.91 bits per heavy atom. The highest BCUT2D eigenvalue weighted by Crippen LogP contribution is 2.33. The van der Waals surface area contributed by atoms with Crippen LogP contribution < -0.4 is 4.74 Å². The second-order valence-electron chi connectivity index (χ2n) is 8.12. The summed E-state index contributed by atoms with van der Waals surface area (Å²) in [5.41, 5.74) is 0.417. The van der Waals surface area contributed by atoms with E-state index >= 15 is 0 Å². The number of nitrogens with zero attached hydrogens (tertiary/aromatic N) is 6. The molecule has 0 saturated carbocycles. The number of aromatic nitrogens is 4. The number of carbonyl (C=O) groups excluding carboxylic acids is 1. The van der Waals surface area contributed by atoms with Gasteiger partial charge in [0.1, 0.15) is 16.0 Å².